The topological polar surface area (TPSA) is 63.8 Å². The molecular formula is C12H22N4. The summed E-state index contributed by atoms with van der Waals surface area (Å²) in [5, 5.41) is 3.31. The molecule has 3 N–H and O–H groups in total. The molecule has 0 fully saturated rings. The Labute approximate surface area is 97.7 Å². The Morgan fingerprint density at radius 2 is 2.19 bits per heavy atom. The summed E-state index contributed by atoms with van der Waals surface area (Å²) in [5.74, 6) is 0.748. The Morgan fingerprint density at radius 3 is 2.88 bits per heavy atom. The van der Waals surface area contributed by atoms with E-state index in [9.17, 15) is 0 Å². The molecule has 4 nitrogen and oxygen atoms in total. The van der Waals surface area contributed by atoms with Gasteiger partial charge >= 0.3 is 0 Å². The molecule has 1 atom stereocenters. The Balaban J connectivity index is 2.28. The van der Waals surface area contributed by atoms with Crippen LogP contribution in [0.25, 0.3) is 0 Å². The van der Waals surface area contributed by atoms with E-state index in [1.54, 1.807) is 6.20 Å². The van der Waals surface area contributed by atoms with Crippen LogP contribution >= 0.6 is 0 Å². The van der Waals surface area contributed by atoms with Crippen molar-refractivity contribution in [3.05, 3.63) is 12.5 Å². The Bertz CT molecular complexity index is 301. The molecule has 0 aromatic carbocycles. The monoisotopic (exact) mass is 222 g/mol. The van der Waals surface area contributed by atoms with Crippen molar-refractivity contribution in [2.24, 2.45) is 0 Å². The zero-order chi connectivity index (χ0) is 11.8. The van der Waals surface area contributed by atoms with Gasteiger partial charge in [0.05, 0.1) is 11.9 Å². The van der Waals surface area contributed by atoms with Gasteiger partial charge in [0.1, 0.15) is 6.33 Å². The lowest BCUT2D eigenvalue weighted by Crippen LogP contribution is -2.17. The number of nitrogens with one attached hydrogen (secondary N) is 1. The van der Waals surface area contributed by atoms with E-state index in [1.165, 1.54) is 32.0 Å². The van der Waals surface area contributed by atoms with Crippen molar-refractivity contribution in [2.45, 2.75) is 52.0 Å². The minimum absolute atomic E-state index is 0.411. The van der Waals surface area contributed by atoms with Crippen LogP contribution in [0.1, 0.15) is 46.0 Å². The van der Waals surface area contributed by atoms with Gasteiger partial charge in [-0.3, -0.25) is 0 Å². The highest BCUT2D eigenvalue weighted by atomic mass is 15.0. The summed E-state index contributed by atoms with van der Waals surface area (Å²) in [6, 6.07) is 0.411. The first-order chi connectivity index (χ1) is 7.74. The molecule has 0 radical (unpaired) electrons. The number of hydrogen-bond acceptors (Lipinski definition) is 4. The number of nitrogens with zero attached hydrogens (tertiary/aromatic N) is 2. The first-order valence-electron chi connectivity index (χ1n) is 6.06. The normalized spacial score (nSPS) is 12.4. The number of rotatable bonds is 7. The van der Waals surface area contributed by atoms with Gasteiger partial charge in [-0.2, -0.15) is 0 Å². The number of anilines is 2. The zero-order valence-corrected chi connectivity index (χ0v) is 10.2. The van der Waals surface area contributed by atoms with E-state index in [0.29, 0.717) is 11.7 Å². The van der Waals surface area contributed by atoms with Crippen molar-refractivity contribution in [3.8, 4) is 0 Å². The molecule has 1 aromatic rings. The molecule has 0 aliphatic heterocycles. The van der Waals surface area contributed by atoms with Crippen LogP contribution in [-0.4, -0.2) is 16.0 Å². The van der Waals surface area contributed by atoms with E-state index < -0.39 is 0 Å². The maximum atomic E-state index is 5.76. The van der Waals surface area contributed by atoms with Gasteiger partial charge in [0.25, 0.3) is 0 Å². The lowest BCUT2D eigenvalue weighted by Gasteiger charge is -2.15. The Hall–Kier alpha value is -1.32. The highest BCUT2D eigenvalue weighted by Gasteiger charge is 2.05. The fourth-order valence-corrected chi connectivity index (χ4v) is 1.64. The van der Waals surface area contributed by atoms with E-state index in [0.717, 1.165) is 12.2 Å². The first-order valence-corrected chi connectivity index (χ1v) is 6.06. The smallest absolute Gasteiger partial charge is 0.152 e. The van der Waals surface area contributed by atoms with Crippen LogP contribution in [0.3, 0.4) is 0 Å². The third-order valence-corrected chi connectivity index (χ3v) is 2.61. The number of nitrogens with two attached hydrogens (primary N) is 1. The minimum Gasteiger partial charge on any atom is -0.394 e. The summed E-state index contributed by atoms with van der Waals surface area (Å²) < 4.78 is 0. The van der Waals surface area contributed by atoms with Crippen molar-refractivity contribution >= 4 is 11.5 Å². The second kappa shape index (κ2) is 7.04. The fraction of sp³-hybridized carbons (Fsp3) is 0.667. The summed E-state index contributed by atoms with van der Waals surface area (Å²) in [5.41, 5.74) is 6.37. The Morgan fingerprint density at radius 1 is 1.38 bits per heavy atom. The molecule has 90 valence electrons. The molecule has 4 heteroatoms. The largest absolute Gasteiger partial charge is 0.394 e. The average molecular weight is 222 g/mol. The fourth-order valence-electron chi connectivity index (χ4n) is 1.64. The SMILES string of the molecule is CCCCCCC(C)Nc1ncncc1N. The Kier molecular flexibility index (Phi) is 5.61. The van der Waals surface area contributed by atoms with Crippen LogP contribution in [-0.2, 0) is 0 Å². The number of nitrogen functional groups attached to an aromatic ring is 1. The molecule has 0 saturated carbocycles. The van der Waals surface area contributed by atoms with Crippen molar-refractivity contribution in [1.82, 2.24) is 9.97 Å². The third kappa shape index (κ3) is 4.47. The minimum atomic E-state index is 0.411. The summed E-state index contributed by atoms with van der Waals surface area (Å²) in [6.07, 6.45) is 9.46. The van der Waals surface area contributed by atoms with Gasteiger partial charge in [-0.1, -0.05) is 32.6 Å². The third-order valence-electron chi connectivity index (χ3n) is 2.61. The maximum Gasteiger partial charge on any atom is 0.152 e. The molecule has 1 aromatic heterocycles. The maximum absolute atomic E-state index is 5.76. The van der Waals surface area contributed by atoms with E-state index in [-0.39, 0.29) is 0 Å². The molecule has 0 bridgehead atoms. The van der Waals surface area contributed by atoms with Crippen LogP contribution in [0, 0.1) is 0 Å². The number of aromatic nitrogens is 2. The second-order valence-electron chi connectivity index (χ2n) is 4.22. The predicted octanol–water partition coefficient (Wildman–Crippen LogP) is 2.83. The first kappa shape index (κ1) is 12.7. The molecule has 0 amide bonds. The van der Waals surface area contributed by atoms with Gasteiger partial charge < -0.3 is 11.1 Å². The molecule has 16 heavy (non-hydrogen) atoms. The van der Waals surface area contributed by atoms with Crippen LogP contribution in [0.5, 0.6) is 0 Å². The molecule has 0 saturated heterocycles. The highest BCUT2D eigenvalue weighted by Crippen LogP contribution is 2.15. The molecule has 0 aliphatic rings. The van der Waals surface area contributed by atoms with Crippen molar-refractivity contribution in [3.63, 3.8) is 0 Å². The van der Waals surface area contributed by atoms with Crippen molar-refractivity contribution < 1.29 is 0 Å². The molecular weight excluding hydrogens is 200 g/mol. The molecule has 0 spiro atoms. The van der Waals surface area contributed by atoms with Crippen LogP contribution < -0.4 is 11.1 Å². The van der Waals surface area contributed by atoms with E-state index >= 15 is 0 Å². The quantitative estimate of drug-likeness (QED) is 0.696. The van der Waals surface area contributed by atoms with E-state index in [1.807, 2.05) is 0 Å². The van der Waals surface area contributed by atoms with Gasteiger partial charge in [-0.15, -0.1) is 0 Å². The lowest BCUT2D eigenvalue weighted by atomic mass is 10.1. The van der Waals surface area contributed by atoms with Crippen LogP contribution in [0.2, 0.25) is 0 Å². The van der Waals surface area contributed by atoms with Gasteiger partial charge in [0, 0.05) is 6.04 Å². The summed E-state index contributed by atoms with van der Waals surface area (Å²) in [4.78, 5) is 7.98. The van der Waals surface area contributed by atoms with Crippen molar-refractivity contribution in [1.29, 1.82) is 0 Å². The number of unbranched alkanes of at least 4 members (excludes halogenated alkanes) is 3. The summed E-state index contributed by atoms with van der Waals surface area (Å²) >= 11 is 0. The second-order valence-corrected chi connectivity index (χ2v) is 4.22. The average Bonchev–Trinajstić information content (AvgIpc) is 2.28. The summed E-state index contributed by atoms with van der Waals surface area (Å²) in [7, 11) is 0. The lowest BCUT2D eigenvalue weighted by molar-refractivity contribution is 0.593. The van der Waals surface area contributed by atoms with E-state index in [2.05, 4.69) is 29.1 Å². The number of hydrogen-bond donors (Lipinski definition) is 2. The zero-order valence-electron chi connectivity index (χ0n) is 10.2. The highest BCUT2D eigenvalue weighted by molar-refractivity contribution is 5.59. The van der Waals surface area contributed by atoms with Crippen molar-refractivity contribution in [2.75, 3.05) is 11.1 Å². The molecule has 1 rings (SSSR count). The van der Waals surface area contributed by atoms with Gasteiger partial charge in [0.2, 0.25) is 0 Å². The summed E-state index contributed by atoms with van der Waals surface area (Å²) in [6.45, 7) is 4.39. The molecule has 1 unspecified atom stereocenters. The van der Waals surface area contributed by atoms with Crippen LogP contribution in [0.4, 0.5) is 11.5 Å². The standard InChI is InChI=1S/C12H22N4/c1-3-4-5-6-7-10(2)16-12-11(13)8-14-9-15-12/h8-10H,3-7,13H2,1-2H3,(H,14,15,16). The van der Waals surface area contributed by atoms with Gasteiger partial charge in [-0.25, -0.2) is 9.97 Å². The predicted molar refractivity (Wildman–Crippen MR) is 68.3 cm³/mol. The van der Waals surface area contributed by atoms with E-state index in [4.69, 9.17) is 5.73 Å². The van der Waals surface area contributed by atoms with Crippen LogP contribution in [0.15, 0.2) is 12.5 Å². The molecule has 1 heterocycles. The molecule has 0 aliphatic carbocycles. The van der Waals surface area contributed by atoms with Gasteiger partial charge in [-0.05, 0) is 13.3 Å². The van der Waals surface area contributed by atoms with Gasteiger partial charge in [0.15, 0.2) is 5.82 Å².